The molecule has 3 rings (SSSR count). The van der Waals surface area contributed by atoms with E-state index in [1.54, 1.807) is 7.11 Å². The molecule has 3 nitrogen and oxygen atoms in total. The van der Waals surface area contributed by atoms with Crippen LogP contribution in [-0.4, -0.2) is 12.9 Å². The lowest BCUT2D eigenvalue weighted by atomic mass is 9.79. The minimum atomic E-state index is 0.114. The number of rotatable bonds is 2. The molecule has 0 spiro atoms. The quantitative estimate of drug-likeness (QED) is 0.813. The van der Waals surface area contributed by atoms with Gasteiger partial charge >= 0.3 is 0 Å². The molecule has 1 aromatic carbocycles. The predicted molar refractivity (Wildman–Crippen MR) is 72.5 cm³/mol. The van der Waals surface area contributed by atoms with Gasteiger partial charge in [0.1, 0.15) is 17.3 Å². The van der Waals surface area contributed by atoms with E-state index in [1.807, 2.05) is 18.2 Å². The monoisotopic (exact) mass is 258 g/mol. The number of benzene rings is 1. The van der Waals surface area contributed by atoms with Crippen molar-refractivity contribution in [1.82, 2.24) is 0 Å². The van der Waals surface area contributed by atoms with E-state index in [-0.39, 0.29) is 11.7 Å². The molecule has 0 radical (unpaired) electrons. The smallest absolute Gasteiger partial charge is 0.162 e. The summed E-state index contributed by atoms with van der Waals surface area (Å²) in [5, 5.41) is 0. The lowest BCUT2D eigenvalue weighted by Crippen LogP contribution is -2.24. The second-order valence-corrected chi connectivity index (χ2v) is 5.05. The summed E-state index contributed by atoms with van der Waals surface area (Å²) in [5.41, 5.74) is 1.91. The van der Waals surface area contributed by atoms with Gasteiger partial charge in [0.15, 0.2) is 5.78 Å². The Bertz CT molecular complexity index is 557. The van der Waals surface area contributed by atoms with Crippen LogP contribution < -0.4 is 9.47 Å². The Labute approximate surface area is 113 Å². The lowest BCUT2D eigenvalue weighted by molar-refractivity contribution is -0.116. The van der Waals surface area contributed by atoms with Crippen molar-refractivity contribution in [2.45, 2.75) is 38.5 Å². The molecule has 0 N–H and O–H groups in total. The molecule has 1 unspecified atom stereocenters. The van der Waals surface area contributed by atoms with Crippen molar-refractivity contribution in [3.8, 4) is 11.5 Å². The minimum Gasteiger partial charge on any atom is -0.496 e. The third-order valence-corrected chi connectivity index (χ3v) is 3.99. The molecule has 100 valence electrons. The number of carbonyl (C=O) groups is 1. The number of ketones is 1. The van der Waals surface area contributed by atoms with Crippen LogP contribution in [0, 0.1) is 0 Å². The molecule has 1 aliphatic carbocycles. The largest absolute Gasteiger partial charge is 0.496 e. The Morgan fingerprint density at radius 3 is 2.95 bits per heavy atom. The maximum absolute atomic E-state index is 12.2. The Balaban J connectivity index is 2.17. The van der Waals surface area contributed by atoms with Crippen LogP contribution in [0.15, 0.2) is 29.5 Å². The summed E-state index contributed by atoms with van der Waals surface area (Å²) in [5.74, 6) is 2.89. The highest BCUT2D eigenvalue weighted by molar-refractivity contribution is 5.98. The zero-order valence-corrected chi connectivity index (χ0v) is 11.4. The van der Waals surface area contributed by atoms with Crippen molar-refractivity contribution >= 4 is 5.78 Å². The summed E-state index contributed by atoms with van der Waals surface area (Å²) >= 11 is 0. The summed E-state index contributed by atoms with van der Waals surface area (Å²) in [6, 6.07) is 5.83. The van der Waals surface area contributed by atoms with Gasteiger partial charge < -0.3 is 9.47 Å². The van der Waals surface area contributed by atoms with Crippen LogP contribution in [0.4, 0.5) is 0 Å². The fourth-order valence-electron chi connectivity index (χ4n) is 3.15. The molecule has 19 heavy (non-hydrogen) atoms. The van der Waals surface area contributed by atoms with E-state index in [0.717, 1.165) is 47.7 Å². The SMILES string of the molecule is CCC1C2=C(CCCC2=O)Oc2cccc(OC)c21. The van der Waals surface area contributed by atoms with Crippen LogP contribution in [0.25, 0.3) is 0 Å². The molecule has 0 aromatic heterocycles. The Morgan fingerprint density at radius 1 is 1.37 bits per heavy atom. The molecule has 1 aliphatic heterocycles. The number of hydrogen-bond donors (Lipinski definition) is 0. The molecule has 1 heterocycles. The van der Waals surface area contributed by atoms with Crippen molar-refractivity contribution in [3.05, 3.63) is 35.1 Å². The maximum Gasteiger partial charge on any atom is 0.162 e. The van der Waals surface area contributed by atoms with Crippen molar-refractivity contribution < 1.29 is 14.3 Å². The Morgan fingerprint density at radius 2 is 2.21 bits per heavy atom. The zero-order chi connectivity index (χ0) is 13.4. The summed E-state index contributed by atoms with van der Waals surface area (Å²) < 4.78 is 11.4. The standard InChI is InChI=1S/C16H18O3/c1-3-10-15-11(17)6-4-8-13(15)19-14-9-5-7-12(18-2)16(10)14/h5,7,9-10H,3-4,6,8H2,1-2H3. The first-order valence-electron chi connectivity index (χ1n) is 6.87. The van der Waals surface area contributed by atoms with Gasteiger partial charge in [0.2, 0.25) is 0 Å². The van der Waals surface area contributed by atoms with Gasteiger partial charge in [-0.25, -0.2) is 0 Å². The molecule has 0 amide bonds. The number of ether oxygens (including phenoxy) is 2. The van der Waals surface area contributed by atoms with E-state index in [1.165, 1.54) is 0 Å². The van der Waals surface area contributed by atoms with Crippen LogP contribution >= 0.6 is 0 Å². The van der Waals surface area contributed by atoms with Crippen molar-refractivity contribution in [2.24, 2.45) is 0 Å². The van der Waals surface area contributed by atoms with Crippen LogP contribution in [0.2, 0.25) is 0 Å². The van der Waals surface area contributed by atoms with Gasteiger partial charge in [-0.05, 0) is 25.0 Å². The number of methoxy groups -OCH3 is 1. The number of fused-ring (bicyclic) bond motifs is 1. The molecule has 2 aliphatic rings. The fraction of sp³-hybridized carbons (Fsp3) is 0.438. The molecule has 0 fully saturated rings. The van der Waals surface area contributed by atoms with Crippen LogP contribution in [-0.2, 0) is 4.79 Å². The lowest BCUT2D eigenvalue weighted by Gasteiger charge is -2.32. The van der Waals surface area contributed by atoms with Gasteiger partial charge in [-0.3, -0.25) is 4.79 Å². The molecule has 1 atom stereocenters. The number of allylic oxidation sites excluding steroid dienone is 2. The highest BCUT2D eigenvalue weighted by Crippen LogP contribution is 2.48. The molecule has 0 saturated carbocycles. The molecule has 0 bridgehead atoms. The average molecular weight is 258 g/mol. The predicted octanol–water partition coefficient (Wildman–Crippen LogP) is 3.59. The third kappa shape index (κ3) is 1.84. The van der Waals surface area contributed by atoms with Gasteiger partial charge in [0.05, 0.1) is 7.11 Å². The van der Waals surface area contributed by atoms with E-state index >= 15 is 0 Å². The van der Waals surface area contributed by atoms with E-state index < -0.39 is 0 Å². The normalized spacial score (nSPS) is 21.6. The summed E-state index contributed by atoms with van der Waals surface area (Å²) in [4.78, 5) is 12.2. The molecular weight excluding hydrogens is 240 g/mol. The van der Waals surface area contributed by atoms with E-state index in [0.29, 0.717) is 6.42 Å². The van der Waals surface area contributed by atoms with Gasteiger partial charge in [-0.2, -0.15) is 0 Å². The van der Waals surface area contributed by atoms with Gasteiger partial charge in [0.25, 0.3) is 0 Å². The number of carbonyl (C=O) groups excluding carboxylic acids is 1. The zero-order valence-electron chi connectivity index (χ0n) is 11.4. The molecular formula is C16H18O3. The summed E-state index contributed by atoms with van der Waals surface area (Å²) in [6.45, 7) is 2.11. The van der Waals surface area contributed by atoms with Crippen LogP contribution in [0.1, 0.15) is 44.1 Å². The van der Waals surface area contributed by atoms with Crippen LogP contribution in [0.5, 0.6) is 11.5 Å². The molecule has 1 aromatic rings. The van der Waals surface area contributed by atoms with Crippen LogP contribution in [0.3, 0.4) is 0 Å². The van der Waals surface area contributed by atoms with Gasteiger partial charge in [-0.1, -0.05) is 13.0 Å². The number of hydrogen-bond acceptors (Lipinski definition) is 3. The minimum absolute atomic E-state index is 0.114. The van der Waals surface area contributed by atoms with E-state index in [9.17, 15) is 4.79 Å². The highest BCUT2D eigenvalue weighted by Gasteiger charge is 2.36. The summed E-state index contributed by atoms with van der Waals surface area (Å²) in [6.07, 6.45) is 3.30. The highest BCUT2D eigenvalue weighted by atomic mass is 16.5. The molecule has 3 heteroatoms. The Kier molecular flexibility index (Phi) is 3.05. The Hall–Kier alpha value is -1.77. The first-order valence-corrected chi connectivity index (χ1v) is 6.87. The van der Waals surface area contributed by atoms with Crippen molar-refractivity contribution in [2.75, 3.05) is 7.11 Å². The van der Waals surface area contributed by atoms with Crippen molar-refractivity contribution in [3.63, 3.8) is 0 Å². The van der Waals surface area contributed by atoms with E-state index in [4.69, 9.17) is 9.47 Å². The van der Waals surface area contributed by atoms with Crippen molar-refractivity contribution in [1.29, 1.82) is 0 Å². The topological polar surface area (TPSA) is 35.5 Å². The average Bonchev–Trinajstić information content (AvgIpc) is 2.44. The van der Waals surface area contributed by atoms with Gasteiger partial charge in [-0.15, -0.1) is 0 Å². The molecule has 0 saturated heterocycles. The fourth-order valence-corrected chi connectivity index (χ4v) is 3.15. The second-order valence-electron chi connectivity index (χ2n) is 5.05. The summed E-state index contributed by atoms with van der Waals surface area (Å²) in [7, 11) is 1.66. The first kappa shape index (κ1) is 12.3. The maximum atomic E-state index is 12.2. The first-order chi connectivity index (χ1) is 9.26. The van der Waals surface area contributed by atoms with Gasteiger partial charge in [0, 0.05) is 29.9 Å². The second kappa shape index (κ2) is 4.72. The van der Waals surface area contributed by atoms with E-state index in [2.05, 4.69) is 6.92 Å². The number of Topliss-reactive ketones (excluding diaryl/α,β-unsaturated/α-hetero) is 1. The third-order valence-electron chi connectivity index (χ3n) is 3.99.